The fraction of sp³-hybridized carbons (Fsp3) is 0.438. The summed E-state index contributed by atoms with van der Waals surface area (Å²) in [5, 5.41) is 7.25. The van der Waals surface area contributed by atoms with Crippen molar-refractivity contribution in [1.29, 1.82) is 0 Å². The number of H-pyrrole nitrogens is 1. The molecule has 0 spiro atoms. The van der Waals surface area contributed by atoms with Gasteiger partial charge in [0.25, 0.3) is 0 Å². The zero-order chi connectivity index (χ0) is 15.5. The Morgan fingerprint density at radius 1 is 1.50 bits per heavy atom. The summed E-state index contributed by atoms with van der Waals surface area (Å²) in [6.07, 6.45) is 6.85. The van der Waals surface area contributed by atoms with Crippen molar-refractivity contribution in [2.75, 3.05) is 0 Å². The fourth-order valence-corrected chi connectivity index (χ4v) is 2.92. The van der Waals surface area contributed by atoms with Crippen molar-refractivity contribution in [3.05, 3.63) is 51.7 Å². The number of aromatic amines is 1. The first-order valence-electron chi connectivity index (χ1n) is 7.62. The molecule has 6 heteroatoms. The molecule has 2 N–H and O–H groups in total. The molecule has 0 saturated carbocycles. The second-order valence-corrected chi connectivity index (χ2v) is 5.80. The Balaban J connectivity index is 1.61. The highest BCUT2D eigenvalue weighted by atomic mass is 16.1. The van der Waals surface area contributed by atoms with E-state index in [2.05, 4.69) is 15.4 Å². The quantitative estimate of drug-likeness (QED) is 0.897. The second-order valence-electron chi connectivity index (χ2n) is 5.80. The lowest BCUT2D eigenvalue weighted by molar-refractivity contribution is -0.122. The van der Waals surface area contributed by atoms with Gasteiger partial charge in [-0.2, -0.15) is 5.10 Å². The van der Waals surface area contributed by atoms with Gasteiger partial charge in [-0.05, 0) is 43.4 Å². The predicted octanol–water partition coefficient (Wildman–Crippen LogP) is 1.46. The lowest BCUT2D eigenvalue weighted by Gasteiger charge is -2.25. The molecular formula is C16H20N4O2. The third-order valence-corrected chi connectivity index (χ3v) is 4.00. The Morgan fingerprint density at radius 3 is 3.14 bits per heavy atom. The van der Waals surface area contributed by atoms with Crippen molar-refractivity contribution >= 4 is 5.91 Å². The van der Waals surface area contributed by atoms with Gasteiger partial charge in [0.2, 0.25) is 11.5 Å². The molecule has 2 aromatic rings. The summed E-state index contributed by atoms with van der Waals surface area (Å²) >= 11 is 0. The molecule has 2 aromatic heterocycles. The molecule has 2 heterocycles. The van der Waals surface area contributed by atoms with Crippen LogP contribution in [-0.4, -0.2) is 20.7 Å². The molecular weight excluding hydrogens is 280 g/mol. The molecule has 1 aliphatic rings. The summed E-state index contributed by atoms with van der Waals surface area (Å²) in [5.41, 5.74) is 2.99. The first-order valence-corrected chi connectivity index (χ1v) is 7.62. The molecule has 1 aliphatic carbocycles. The third kappa shape index (κ3) is 3.27. The van der Waals surface area contributed by atoms with E-state index in [1.165, 1.54) is 6.07 Å². The van der Waals surface area contributed by atoms with Gasteiger partial charge in [0.1, 0.15) is 0 Å². The summed E-state index contributed by atoms with van der Waals surface area (Å²) in [7, 11) is 0. The summed E-state index contributed by atoms with van der Waals surface area (Å²) in [5.74, 6) is 0.0113. The number of hydrogen-bond donors (Lipinski definition) is 2. The van der Waals surface area contributed by atoms with Crippen LogP contribution in [0.5, 0.6) is 0 Å². The molecule has 1 unspecified atom stereocenters. The van der Waals surface area contributed by atoms with Crippen LogP contribution in [0.4, 0.5) is 0 Å². The van der Waals surface area contributed by atoms with Crippen LogP contribution in [0.3, 0.4) is 0 Å². The highest BCUT2D eigenvalue weighted by molar-refractivity contribution is 5.76. The molecule has 116 valence electrons. The van der Waals surface area contributed by atoms with Crippen LogP contribution < -0.4 is 10.9 Å². The molecule has 3 rings (SSSR count). The van der Waals surface area contributed by atoms with Gasteiger partial charge in [-0.3, -0.25) is 14.3 Å². The summed E-state index contributed by atoms with van der Waals surface area (Å²) < 4.78 is 1.78. The number of nitrogens with one attached hydrogen (secondary N) is 2. The van der Waals surface area contributed by atoms with Gasteiger partial charge < -0.3 is 10.3 Å². The zero-order valence-electron chi connectivity index (χ0n) is 12.6. The van der Waals surface area contributed by atoms with E-state index in [1.54, 1.807) is 10.9 Å². The minimum absolute atomic E-state index is 0.00698. The van der Waals surface area contributed by atoms with Gasteiger partial charge >= 0.3 is 0 Å². The lowest BCUT2D eigenvalue weighted by Crippen LogP contribution is -2.32. The van der Waals surface area contributed by atoms with E-state index in [0.29, 0.717) is 13.0 Å². The van der Waals surface area contributed by atoms with Crippen molar-refractivity contribution in [1.82, 2.24) is 20.1 Å². The summed E-state index contributed by atoms with van der Waals surface area (Å²) in [6, 6.07) is 3.35. The topological polar surface area (TPSA) is 79.8 Å². The van der Waals surface area contributed by atoms with Crippen molar-refractivity contribution in [3.63, 3.8) is 0 Å². The number of nitrogens with zero attached hydrogens (tertiary/aromatic N) is 2. The van der Waals surface area contributed by atoms with Crippen LogP contribution in [0.1, 0.15) is 42.1 Å². The maximum absolute atomic E-state index is 12.1. The van der Waals surface area contributed by atoms with Gasteiger partial charge in [-0.25, -0.2) is 0 Å². The predicted molar refractivity (Wildman–Crippen MR) is 82.5 cm³/mol. The molecule has 0 radical (unpaired) electrons. The standard InChI is InChI=1S/C16H20N4O2/c1-11-9-17-20(10-11)8-7-16(22)19-14-4-2-3-13-12(14)5-6-15(21)18-13/h5-6,9-10,14H,2-4,7-8H2,1H3,(H,18,21)(H,19,22). The van der Waals surface area contributed by atoms with Crippen molar-refractivity contribution in [2.45, 2.75) is 45.2 Å². The van der Waals surface area contributed by atoms with E-state index < -0.39 is 0 Å². The van der Waals surface area contributed by atoms with Crippen LogP contribution in [0.15, 0.2) is 29.3 Å². The van der Waals surface area contributed by atoms with E-state index in [1.807, 2.05) is 19.2 Å². The second kappa shape index (κ2) is 6.17. The molecule has 0 bridgehead atoms. The van der Waals surface area contributed by atoms with Crippen molar-refractivity contribution in [2.24, 2.45) is 0 Å². The van der Waals surface area contributed by atoms with Gasteiger partial charge in [0, 0.05) is 30.9 Å². The number of hydrogen-bond acceptors (Lipinski definition) is 3. The maximum Gasteiger partial charge on any atom is 0.248 e. The highest BCUT2D eigenvalue weighted by Gasteiger charge is 2.22. The van der Waals surface area contributed by atoms with Crippen molar-refractivity contribution < 1.29 is 4.79 Å². The van der Waals surface area contributed by atoms with Gasteiger partial charge in [0.05, 0.1) is 12.2 Å². The highest BCUT2D eigenvalue weighted by Crippen LogP contribution is 2.27. The number of rotatable bonds is 4. The SMILES string of the molecule is Cc1cnn(CCC(=O)NC2CCCc3[nH]c(=O)ccc32)c1. The number of carbonyl (C=O) groups is 1. The van der Waals surface area contributed by atoms with E-state index in [4.69, 9.17) is 0 Å². The number of carbonyl (C=O) groups excluding carboxylic acids is 1. The first kappa shape index (κ1) is 14.6. The lowest BCUT2D eigenvalue weighted by atomic mass is 9.91. The van der Waals surface area contributed by atoms with E-state index in [9.17, 15) is 9.59 Å². The molecule has 22 heavy (non-hydrogen) atoms. The van der Waals surface area contributed by atoms with E-state index in [0.717, 1.165) is 36.1 Å². The Kier molecular flexibility index (Phi) is 4.09. The zero-order valence-corrected chi connectivity index (χ0v) is 12.6. The smallest absolute Gasteiger partial charge is 0.248 e. The summed E-state index contributed by atoms with van der Waals surface area (Å²) in [6.45, 7) is 2.55. The molecule has 0 aromatic carbocycles. The first-order chi connectivity index (χ1) is 10.6. The van der Waals surface area contributed by atoms with E-state index >= 15 is 0 Å². The molecule has 1 atom stereocenters. The average Bonchev–Trinajstić information content (AvgIpc) is 2.91. The van der Waals surface area contributed by atoms with Gasteiger partial charge in [-0.1, -0.05) is 0 Å². The Hall–Kier alpha value is -2.37. The van der Waals surface area contributed by atoms with Crippen molar-refractivity contribution in [3.8, 4) is 0 Å². The number of aromatic nitrogens is 3. The fourth-order valence-electron chi connectivity index (χ4n) is 2.92. The Labute approximate surface area is 128 Å². The number of amides is 1. The summed E-state index contributed by atoms with van der Waals surface area (Å²) in [4.78, 5) is 26.4. The molecule has 1 amide bonds. The third-order valence-electron chi connectivity index (χ3n) is 4.00. The Bertz CT molecular complexity index is 732. The monoisotopic (exact) mass is 300 g/mol. The molecule has 0 aliphatic heterocycles. The molecule has 0 fully saturated rings. The van der Waals surface area contributed by atoms with Crippen LogP contribution in [0, 0.1) is 6.92 Å². The average molecular weight is 300 g/mol. The van der Waals surface area contributed by atoms with Crippen LogP contribution in [0.2, 0.25) is 0 Å². The van der Waals surface area contributed by atoms with Gasteiger partial charge in [-0.15, -0.1) is 0 Å². The Morgan fingerprint density at radius 2 is 2.36 bits per heavy atom. The normalized spacial score (nSPS) is 17.0. The maximum atomic E-state index is 12.1. The minimum Gasteiger partial charge on any atom is -0.349 e. The number of fused-ring (bicyclic) bond motifs is 1. The number of aryl methyl sites for hydroxylation is 3. The number of pyridine rings is 1. The molecule has 6 nitrogen and oxygen atoms in total. The minimum atomic E-state index is -0.0835. The van der Waals surface area contributed by atoms with Gasteiger partial charge in [0.15, 0.2) is 0 Å². The molecule has 0 saturated heterocycles. The van der Waals surface area contributed by atoms with Crippen LogP contribution >= 0.6 is 0 Å². The van der Waals surface area contributed by atoms with Crippen LogP contribution in [0.25, 0.3) is 0 Å². The van der Waals surface area contributed by atoms with E-state index in [-0.39, 0.29) is 17.5 Å². The largest absolute Gasteiger partial charge is 0.349 e. The van der Waals surface area contributed by atoms with Crippen LogP contribution in [-0.2, 0) is 17.8 Å².